The first-order valence-corrected chi connectivity index (χ1v) is 10.1. The van der Waals surface area contributed by atoms with Crippen LogP contribution in [-0.4, -0.2) is 28.3 Å². The Bertz CT molecular complexity index is 949. The molecular formula is C21H20FN3O2S. The van der Waals surface area contributed by atoms with Gasteiger partial charge in [0.2, 0.25) is 5.95 Å². The number of hydrogen-bond acceptors (Lipinski definition) is 6. The van der Waals surface area contributed by atoms with Gasteiger partial charge in [0.1, 0.15) is 10.0 Å². The zero-order valence-electron chi connectivity index (χ0n) is 15.5. The van der Waals surface area contributed by atoms with Gasteiger partial charge in [0, 0.05) is 23.2 Å². The Kier molecular flexibility index (Phi) is 5.43. The number of pyridine rings is 1. The van der Waals surface area contributed by atoms with Crippen molar-refractivity contribution in [2.75, 3.05) is 7.11 Å². The van der Waals surface area contributed by atoms with E-state index < -0.39 is 5.95 Å². The van der Waals surface area contributed by atoms with E-state index >= 15 is 0 Å². The van der Waals surface area contributed by atoms with Gasteiger partial charge >= 0.3 is 5.97 Å². The SMILES string of the molecule is COC(=O)C1CCC(c2nnc(-c3ccc(-c4ccc(F)nc4)cc3)s2)CC1. The Morgan fingerprint density at radius 2 is 1.68 bits per heavy atom. The van der Waals surface area contributed by atoms with Crippen LogP contribution >= 0.6 is 11.3 Å². The smallest absolute Gasteiger partial charge is 0.308 e. The number of aromatic nitrogens is 3. The van der Waals surface area contributed by atoms with E-state index in [1.165, 1.54) is 19.4 Å². The van der Waals surface area contributed by atoms with Crippen LogP contribution in [0.5, 0.6) is 0 Å². The third-order valence-corrected chi connectivity index (χ3v) is 6.38. The number of carbonyl (C=O) groups is 1. The van der Waals surface area contributed by atoms with Gasteiger partial charge in [0.15, 0.2) is 0 Å². The number of carbonyl (C=O) groups excluding carboxylic acids is 1. The zero-order chi connectivity index (χ0) is 19.5. The lowest BCUT2D eigenvalue weighted by molar-refractivity contribution is -0.146. The molecule has 28 heavy (non-hydrogen) atoms. The fourth-order valence-corrected chi connectivity index (χ4v) is 4.63. The zero-order valence-corrected chi connectivity index (χ0v) is 16.3. The molecule has 144 valence electrons. The van der Waals surface area contributed by atoms with Crippen molar-refractivity contribution in [3.63, 3.8) is 0 Å². The van der Waals surface area contributed by atoms with E-state index in [4.69, 9.17) is 4.74 Å². The topological polar surface area (TPSA) is 65.0 Å². The second kappa shape index (κ2) is 8.14. The van der Waals surface area contributed by atoms with Crippen LogP contribution < -0.4 is 0 Å². The highest BCUT2D eigenvalue weighted by Crippen LogP contribution is 2.39. The van der Waals surface area contributed by atoms with E-state index in [0.29, 0.717) is 5.92 Å². The summed E-state index contributed by atoms with van der Waals surface area (Å²) in [5.41, 5.74) is 2.85. The highest BCUT2D eigenvalue weighted by Gasteiger charge is 2.29. The van der Waals surface area contributed by atoms with Crippen molar-refractivity contribution in [3.05, 3.63) is 53.6 Å². The van der Waals surface area contributed by atoms with Gasteiger partial charge in [-0.1, -0.05) is 35.6 Å². The first-order valence-electron chi connectivity index (χ1n) is 9.27. The molecule has 0 aliphatic heterocycles. The molecule has 4 rings (SSSR count). The molecule has 0 bridgehead atoms. The summed E-state index contributed by atoms with van der Waals surface area (Å²) >= 11 is 1.61. The molecule has 2 heterocycles. The van der Waals surface area contributed by atoms with Gasteiger partial charge in [-0.2, -0.15) is 4.39 Å². The van der Waals surface area contributed by atoms with Crippen LogP contribution in [0.25, 0.3) is 21.7 Å². The molecule has 0 spiro atoms. The van der Waals surface area contributed by atoms with E-state index in [1.54, 1.807) is 17.4 Å². The summed E-state index contributed by atoms with van der Waals surface area (Å²) < 4.78 is 17.8. The van der Waals surface area contributed by atoms with Crippen LogP contribution in [0.3, 0.4) is 0 Å². The highest BCUT2D eigenvalue weighted by atomic mass is 32.1. The van der Waals surface area contributed by atoms with E-state index in [0.717, 1.165) is 52.4 Å². The number of ether oxygens (including phenoxy) is 1. The van der Waals surface area contributed by atoms with Crippen molar-refractivity contribution in [2.45, 2.75) is 31.6 Å². The number of methoxy groups -OCH3 is 1. The molecule has 0 atom stereocenters. The maximum absolute atomic E-state index is 13.0. The van der Waals surface area contributed by atoms with Crippen molar-refractivity contribution in [2.24, 2.45) is 5.92 Å². The van der Waals surface area contributed by atoms with Crippen molar-refractivity contribution >= 4 is 17.3 Å². The molecule has 0 radical (unpaired) electrons. The molecule has 1 aromatic carbocycles. The average Bonchev–Trinajstić information content (AvgIpc) is 3.24. The van der Waals surface area contributed by atoms with Crippen molar-refractivity contribution in [1.82, 2.24) is 15.2 Å². The first-order chi connectivity index (χ1) is 13.6. The largest absolute Gasteiger partial charge is 0.469 e. The molecule has 3 aromatic rings. The van der Waals surface area contributed by atoms with E-state index in [9.17, 15) is 9.18 Å². The molecule has 0 amide bonds. The molecular weight excluding hydrogens is 377 g/mol. The van der Waals surface area contributed by atoms with Gasteiger partial charge in [0.05, 0.1) is 13.0 Å². The number of rotatable bonds is 4. The van der Waals surface area contributed by atoms with Gasteiger partial charge in [-0.15, -0.1) is 10.2 Å². The van der Waals surface area contributed by atoms with Gasteiger partial charge in [-0.25, -0.2) is 4.98 Å². The second-order valence-corrected chi connectivity index (χ2v) is 7.97. The minimum absolute atomic E-state index is 0.0159. The summed E-state index contributed by atoms with van der Waals surface area (Å²) in [6.45, 7) is 0. The Labute approximate surface area is 166 Å². The summed E-state index contributed by atoms with van der Waals surface area (Å²) in [6, 6.07) is 11.0. The summed E-state index contributed by atoms with van der Waals surface area (Å²) in [6.07, 6.45) is 5.08. The number of halogens is 1. The molecule has 1 aliphatic rings. The summed E-state index contributed by atoms with van der Waals surface area (Å²) in [5, 5.41) is 10.7. The third kappa shape index (κ3) is 3.94. The summed E-state index contributed by atoms with van der Waals surface area (Å²) in [4.78, 5) is 15.4. The lowest BCUT2D eigenvalue weighted by Crippen LogP contribution is -2.22. The standard InChI is InChI=1S/C21H20FN3O2S/c1-27-21(26)16-8-6-15(7-9-16)20-25-24-19(28-20)14-4-2-13(3-5-14)17-10-11-18(22)23-12-17/h2-5,10-12,15-16H,6-9H2,1H3. The van der Waals surface area contributed by atoms with E-state index in [1.807, 2.05) is 24.3 Å². The van der Waals surface area contributed by atoms with Crippen LogP contribution in [-0.2, 0) is 9.53 Å². The van der Waals surface area contributed by atoms with Crippen LogP contribution in [0.1, 0.15) is 36.6 Å². The van der Waals surface area contributed by atoms with Crippen LogP contribution in [0.2, 0.25) is 0 Å². The number of esters is 1. The molecule has 1 aliphatic carbocycles. The second-order valence-electron chi connectivity index (χ2n) is 6.96. The molecule has 1 saturated carbocycles. The Balaban J connectivity index is 1.44. The van der Waals surface area contributed by atoms with Crippen molar-refractivity contribution < 1.29 is 13.9 Å². The maximum atomic E-state index is 13.0. The molecule has 0 N–H and O–H groups in total. The number of benzene rings is 1. The maximum Gasteiger partial charge on any atom is 0.308 e. The fraction of sp³-hybridized carbons (Fsp3) is 0.333. The van der Waals surface area contributed by atoms with E-state index in [-0.39, 0.29) is 11.9 Å². The molecule has 0 unspecified atom stereocenters. The van der Waals surface area contributed by atoms with E-state index in [2.05, 4.69) is 15.2 Å². The van der Waals surface area contributed by atoms with Crippen molar-refractivity contribution in [3.8, 4) is 21.7 Å². The Hall–Kier alpha value is -2.67. The van der Waals surface area contributed by atoms with Gasteiger partial charge in [-0.05, 0) is 43.4 Å². The predicted molar refractivity (Wildman–Crippen MR) is 105 cm³/mol. The number of nitrogens with zero attached hydrogens (tertiary/aromatic N) is 3. The fourth-order valence-electron chi connectivity index (χ4n) is 3.61. The summed E-state index contributed by atoms with van der Waals surface area (Å²) in [5.74, 6) is -0.214. The van der Waals surface area contributed by atoms with Crippen molar-refractivity contribution in [1.29, 1.82) is 0 Å². The lowest BCUT2D eigenvalue weighted by atomic mass is 9.82. The molecule has 7 heteroatoms. The monoisotopic (exact) mass is 397 g/mol. The normalized spacial score (nSPS) is 19.4. The quantitative estimate of drug-likeness (QED) is 0.465. The highest BCUT2D eigenvalue weighted by molar-refractivity contribution is 7.14. The van der Waals surface area contributed by atoms with Crippen LogP contribution in [0.4, 0.5) is 4.39 Å². The molecule has 0 saturated heterocycles. The first kappa shape index (κ1) is 18.7. The average molecular weight is 397 g/mol. The Morgan fingerprint density at radius 3 is 2.32 bits per heavy atom. The Morgan fingerprint density at radius 1 is 1.00 bits per heavy atom. The van der Waals surface area contributed by atoms with Gasteiger partial charge in [-0.3, -0.25) is 4.79 Å². The molecule has 5 nitrogen and oxygen atoms in total. The summed E-state index contributed by atoms with van der Waals surface area (Å²) in [7, 11) is 1.45. The third-order valence-electron chi connectivity index (χ3n) is 5.24. The van der Waals surface area contributed by atoms with Gasteiger partial charge in [0.25, 0.3) is 0 Å². The number of hydrogen-bond donors (Lipinski definition) is 0. The predicted octanol–water partition coefficient (Wildman–Crippen LogP) is 4.85. The lowest BCUT2D eigenvalue weighted by Gasteiger charge is -2.25. The van der Waals surface area contributed by atoms with Crippen LogP contribution in [0, 0.1) is 11.9 Å². The minimum atomic E-state index is -0.484. The van der Waals surface area contributed by atoms with Crippen LogP contribution in [0.15, 0.2) is 42.6 Å². The minimum Gasteiger partial charge on any atom is -0.469 e. The van der Waals surface area contributed by atoms with Gasteiger partial charge < -0.3 is 4.74 Å². The molecule has 1 fully saturated rings. The molecule has 2 aromatic heterocycles.